The molecule has 0 aromatic carbocycles. The van der Waals surface area contributed by atoms with Crippen LogP contribution in [0, 0.1) is 6.92 Å². The van der Waals surface area contributed by atoms with Gasteiger partial charge in [0.15, 0.2) is 0 Å². The molecule has 0 atom stereocenters. The largest absolute Gasteiger partial charge is 0.306 e. The summed E-state index contributed by atoms with van der Waals surface area (Å²) in [5, 5.41) is 4.31. The third-order valence-corrected chi connectivity index (χ3v) is 3.28. The van der Waals surface area contributed by atoms with Crippen LogP contribution in [0.5, 0.6) is 0 Å². The molecule has 2 rings (SSSR count). The number of rotatable bonds is 1. The molecule has 2 heterocycles. The van der Waals surface area contributed by atoms with E-state index in [2.05, 4.69) is 31.0 Å². The number of aryl methyl sites for hydroxylation is 2. The van der Waals surface area contributed by atoms with Crippen molar-refractivity contribution in [1.82, 2.24) is 14.7 Å². The van der Waals surface area contributed by atoms with Crippen LogP contribution in [-0.2, 0) is 7.05 Å². The summed E-state index contributed by atoms with van der Waals surface area (Å²) in [6.07, 6.45) is 4.53. The van der Waals surface area contributed by atoms with Crippen LogP contribution in [-0.4, -0.2) is 34.8 Å². The van der Waals surface area contributed by atoms with E-state index in [0.29, 0.717) is 0 Å². The fraction of sp³-hybridized carbons (Fsp3) is 0.727. The number of likely N-dealkylation sites (tertiary alicyclic amines) is 1. The van der Waals surface area contributed by atoms with Gasteiger partial charge < -0.3 is 4.90 Å². The molecule has 0 amide bonds. The zero-order valence-corrected chi connectivity index (χ0v) is 9.32. The highest BCUT2D eigenvalue weighted by Crippen LogP contribution is 2.28. The molecule has 0 spiro atoms. The Morgan fingerprint density at radius 1 is 1.29 bits per heavy atom. The molecular weight excluding hydrogens is 174 g/mol. The maximum atomic E-state index is 4.31. The molecule has 0 saturated carbocycles. The molecule has 1 aliphatic heterocycles. The molecule has 3 heteroatoms. The van der Waals surface area contributed by atoms with Gasteiger partial charge in [-0.2, -0.15) is 5.10 Å². The van der Waals surface area contributed by atoms with Gasteiger partial charge in [-0.1, -0.05) is 0 Å². The van der Waals surface area contributed by atoms with Gasteiger partial charge in [0.2, 0.25) is 0 Å². The van der Waals surface area contributed by atoms with Gasteiger partial charge in [0, 0.05) is 18.7 Å². The number of hydrogen-bond acceptors (Lipinski definition) is 2. The fourth-order valence-electron chi connectivity index (χ4n) is 2.42. The van der Waals surface area contributed by atoms with Gasteiger partial charge in [-0.15, -0.1) is 0 Å². The molecule has 1 aliphatic rings. The zero-order valence-electron chi connectivity index (χ0n) is 9.32. The lowest BCUT2D eigenvalue weighted by Crippen LogP contribution is -2.30. The first-order chi connectivity index (χ1) is 6.68. The molecule has 1 aromatic rings. The third kappa shape index (κ3) is 1.69. The van der Waals surface area contributed by atoms with Crippen LogP contribution in [0.15, 0.2) is 6.20 Å². The van der Waals surface area contributed by atoms with Crippen molar-refractivity contribution in [2.75, 3.05) is 20.1 Å². The molecule has 0 bridgehead atoms. The van der Waals surface area contributed by atoms with Gasteiger partial charge >= 0.3 is 0 Å². The van der Waals surface area contributed by atoms with E-state index in [9.17, 15) is 0 Å². The van der Waals surface area contributed by atoms with Crippen LogP contribution in [0.1, 0.15) is 30.0 Å². The Morgan fingerprint density at radius 3 is 2.43 bits per heavy atom. The van der Waals surface area contributed by atoms with Crippen molar-refractivity contribution in [3.05, 3.63) is 17.5 Å². The minimum absolute atomic E-state index is 0.721. The molecule has 0 N–H and O–H groups in total. The maximum Gasteiger partial charge on any atom is 0.0521 e. The highest BCUT2D eigenvalue weighted by molar-refractivity contribution is 5.20. The van der Waals surface area contributed by atoms with E-state index in [1.165, 1.54) is 37.2 Å². The van der Waals surface area contributed by atoms with E-state index in [-0.39, 0.29) is 0 Å². The zero-order chi connectivity index (χ0) is 10.1. The van der Waals surface area contributed by atoms with Gasteiger partial charge in [0.25, 0.3) is 0 Å². The van der Waals surface area contributed by atoms with Crippen LogP contribution >= 0.6 is 0 Å². The molecule has 0 unspecified atom stereocenters. The number of aromatic nitrogens is 2. The highest BCUT2D eigenvalue weighted by atomic mass is 15.3. The summed E-state index contributed by atoms with van der Waals surface area (Å²) in [5.74, 6) is 0.721. The molecule has 0 radical (unpaired) electrons. The lowest BCUT2D eigenvalue weighted by Gasteiger charge is -2.29. The summed E-state index contributed by atoms with van der Waals surface area (Å²) >= 11 is 0. The van der Waals surface area contributed by atoms with Gasteiger partial charge in [0.1, 0.15) is 0 Å². The van der Waals surface area contributed by atoms with Crippen molar-refractivity contribution >= 4 is 0 Å². The summed E-state index contributed by atoms with van der Waals surface area (Å²) < 4.78 is 2.05. The van der Waals surface area contributed by atoms with E-state index in [0.717, 1.165) is 5.92 Å². The molecule has 1 aromatic heterocycles. The maximum absolute atomic E-state index is 4.31. The molecule has 0 aliphatic carbocycles. The average molecular weight is 193 g/mol. The minimum atomic E-state index is 0.721. The smallest absolute Gasteiger partial charge is 0.0521 e. The minimum Gasteiger partial charge on any atom is -0.306 e. The van der Waals surface area contributed by atoms with Crippen LogP contribution in [0.4, 0.5) is 0 Å². The molecule has 14 heavy (non-hydrogen) atoms. The van der Waals surface area contributed by atoms with Gasteiger partial charge in [-0.25, -0.2) is 0 Å². The van der Waals surface area contributed by atoms with E-state index < -0.39 is 0 Å². The standard InChI is InChI=1S/C11H19N3/c1-9-8-12-14(3)11(9)10-4-6-13(2)7-5-10/h8,10H,4-7H2,1-3H3. The summed E-state index contributed by atoms with van der Waals surface area (Å²) in [6.45, 7) is 4.60. The Labute approximate surface area is 85.7 Å². The number of piperidine rings is 1. The summed E-state index contributed by atoms with van der Waals surface area (Å²) in [7, 11) is 4.26. The van der Waals surface area contributed by atoms with Crippen molar-refractivity contribution in [2.24, 2.45) is 7.05 Å². The summed E-state index contributed by atoms with van der Waals surface area (Å²) in [6, 6.07) is 0. The van der Waals surface area contributed by atoms with Crippen molar-refractivity contribution in [3.8, 4) is 0 Å². The Kier molecular flexibility index (Phi) is 2.59. The van der Waals surface area contributed by atoms with Gasteiger partial charge in [-0.3, -0.25) is 4.68 Å². The highest BCUT2D eigenvalue weighted by Gasteiger charge is 2.22. The van der Waals surface area contributed by atoms with Crippen molar-refractivity contribution in [3.63, 3.8) is 0 Å². The normalized spacial score (nSPS) is 20.2. The second-order valence-corrected chi connectivity index (χ2v) is 4.41. The molecule has 1 fully saturated rings. The topological polar surface area (TPSA) is 21.1 Å². The Balaban J connectivity index is 2.15. The Hall–Kier alpha value is -0.830. The molecular formula is C11H19N3. The first-order valence-electron chi connectivity index (χ1n) is 5.35. The van der Waals surface area contributed by atoms with E-state index in [1.807, 2.05) is 10.9 Å². The van der Waals surface area contributed by atoms with Crippen LogP contribution < -0.4 is 0 Å². The lowest BCUT2D eigenvalue weighted by molar-refractivity contribution is 0.250. The van der Waals surface area contributed by atoms with Gasteiger partial charge in [-0.05, 0) is 45.5 Å². The predicted octanol–water partition coefficient (Wildman–Crippen LogP) is 1.54. The summed E-state index contributed by atoms with van der Waals surface area (Å²) in [4.78, 5) is 2.40. The van der Waals surface area contributed by atoms with E-state index in [4.69, 9.17) is 0 Å². The SMILES string of the molecule is Cc1cnn(C)c1C1CCN(C)CC1. The Morgan fingerprint density at radius 2 is 1.93 bits per heavy atom. The van der Waals surface area contributed by atoms with Crippen LogP contribution in [0.2, 0.25) is 0 Å². The third-order valence-electron chi connectivity index (χ3n) is 3.28. The predicted molar refractivity (Wildman–Crippen MR) is 57.4 cm³/mol. The van der Waals surface area contributed by atoms with Crippen molar-refractivity contribution < 1.29 is 0 Å². The lowest BCUT2D eigenvalue weighted by atomic mass is 9.92. The number of hydrogen-bond donors (Lipinski definition) is 0. The van der Waals surface area contributed by atoms with E-state index >= 15 is 0 Å². The fourth-order valence-corrected chi connectivity index (χ4v) is 2.42. The van der Waals surface area contributed by atoms with E-state index in [1.54, 1.807) is 0 Å². The number of nitrogens with zero attached hydrogens (tertiary/aromatic N) is 3. The first kappa shape index (κ1) is 9.71. The molecule has 78 valence electrons. The Bertz CT molecular complexity index is 289. The van der Waals surface area contributed by atoms with Crippen LogP contribution in [0.25, 0.3) is 0 Å². The van der Waals surface area contributed by atoms with Crippen molar-refractivity contribution in [2.45, 2.75) is 25.7 Å². The van der Waals surface area contributed by atoms with Crippen molar-refractivity contribution in [1.29, 1.82) is 0 Å². The average Bonchev–Trinajstić information content (AvgIpc) is 2.49. The molecule has 1 saturated heterocycles. The first-order valence-corrected chi connectivity index (χ1v) is 5.35. The van der Waals surface area contributed by atoms with Gasteiger partial charge in [0.05, 0.1) is 6.20 Å². The van der Waals surface area contributed by atoms with Crippen LogP contribution in [0.3, 0.4) is 0 Å². The summed E-state index contributed by atoms with van der Waals surface area (Å²) in [5.41, 5.74) is 2.79. The quantitative estimate of drug-likeness (QED) is 0.674. The molecule has 3 nitrogen and oxygen atoms in total. The second-order valence-electron chi connectivity index (χ2n) is 4.41. The monoisotopic (exact) mass is 193 g/mol. The second kappa shape index (κ2) is 3.73.